The number of rotatable bonds is 3. The fourth-order valence-electron chi connectivity index (χ4n) is 3.24. The molecule has 5 nitrogen and oxygen atoms in total. The van der Waals surface area contributed by atoms with Gasteiger partial charge >= 0.3 is 0 Å². The van der Waals surface area contributed by atoms with Gasteiger partial charge in [-0.15, -0.1) is 0 Å². The van der Waals surface area contributed by atoms with Crippen LogP contribution in [0.1, 0.15) is 22.3 Å². The molecule has 0 radical (unpaired) electrons. The minimum absolute atomic E-state index is 0.239. The van der Waals surface area contributed by atoms with E-state index in [1.807, 2.05) is 32.0 Å². The fourth-order valence-corrected chi connectivity index (χ4v) is 4.74. The number of ether oxygens (including phenoxy) is 2. The number of sulfonamides is 1. The number of fused-ring (bicyclic) bond motifs is 2. The molecule has 0 saturated carbocycles. The molecule has 2 aromatic rings. The number of anilines is 1. The van der Waals surface area contributed by atoms with Crippen molar-refractivity contribution in [1.82, 2.24) is 0 Å². The van der Waals surface area contributed by atoms with Crippen LogP contribution in [0, 0.1) is 13.8 Å². The highest BCUT2D eigenvalue weighted by atomic mass is 32.2. The number of nitrogens with one attached hydrogen (secondary N) is 1. The molecule has 0 unspecified atom stereocenters. The quantitative estimate of drug-likeness (QED) is 0.929. The minimum Gasteiger partial charge on any atom is -0.493 e. The van der Waals surface area contributed by atoms with Gasteiger partial charge in [0.15, 0.2) is 0 Å². The molecule has 0 aliphatic carbocycles. The summed E-state index contributed by atoms with van der Waals surface area (Å²) in [6.45, 7) is 4.96. The van der Waals surface area contributed by atoms with E-state index in [4.69, 9.17) is 9.47 Å². The lowest BCUT2D eigenvalue weighted by Gasteiger charge is -2.15. The molecule has 2 aliphatic heterocycles. The predicted octanol–water partition coefficient (Wildman–Crippen LogP) is 2.97. The van der Waals surface area contributed by atoms with E-state index < -0.39 is 10.0 Å². The van der Waals surface area contributed by atoms with Crippen LogP contribution in [-0.4, -0.2) is 21.6 Å². The van der Waals surface area contributed by atoms with Crippen molar-refractivity contribution >= 4 is 15.7 Å². The zero-order valence-corrected chi connectivity index (χ0v) is 14.5. The van der Waals surface area contributed by atoms with Crippen LogP contribution in [0.4, 0.5) is 5.69 Å². The molecule has 126 valence electrons. The molecule has 2 aromatic carbocycles. The van der Waals surface area contributed by atoms with E-state index in [1.165, 1.54) is 0 Å². The lowest BCUT2D eigenvalue weighted by Crippen LogP contribution is -2.16. The molecule has 0 atom stereocenters. The van der Waals surface area contributed by atoms with Crippen LogP contribution in [0.15, 0.2) is 29.2 Å². The Kier molecular flexibility index (Phi) is 3.46. The summed E-state index contributed by atoms with van der Waals surface area (Å²) in [5, 5.41) is 0. The van der Waals surface area contributed by atoms with Crippen LogP contribution >= 0.6 is 0 Å². The first-order valence-corrected chi connectivity index (χ1v) is 9.48. The molecule has 24 heavy (non-hydrogen) atoms. The molecule has 6 heteroatoms. The maximum absolute atomic E-state index is 13.1. The van der Waals surface area contributed by atoms with E-state index in [1.54, 1.807) is 6.07 Å². The molecule has 0 bridgehead atoms. The van der Waals surface area contributed by atoms with E-state index in [0.717, 1.165) is 16.7 Å². The van der Waals surface area contributed by atoms with Gasteiger partial charge in [0.1, 0.15) is 16.4 Å². The zero-order chi connectivity index (χ0) is 16.9. The van der Waals surface area contributed by atoms with Crippen molar-refractivity contribution in [1.29, 1.82) is 0 Å². The SMILES string of the molecule is Cc1ccc(NS(=O)(=O)c2c3c(cc4c2OCC4)OCC3)cc1C. The Balaban J connectivity index is 1.81. The van der Waals surface area contributed by atoms with Gasteiger partial charge in [0, 0.05) is 29.7 Å². The molecule has 0 amide bonds. The van der Waals surface area contributed by atoms with E-state index in [2.05, 4.69) is 4.72 Å². The predicted molar refractivity (Wildman–Crippen MR) is 91.6 cm³/mol. The summed E-state index contributed by atoms with van der Waals surface area (Å²) >= 11 is 0. The second-order valence-electron chi connectivity index (χ2n) is 6.27. The monoisotopic (exact) mass is 345 g/mol. The highest BCUT2D eigenvalue weighted by Crippen LogP contribution is 2.43. The minimum atomic E-state index is -3.75. The molecule has 2 heterocycles. The zero-order valence-electron chi connectivity index (χ0n) is 13.7. The smallest absolute Gasteiger partial charge is 0.266 e. The molecule has 0 saturated heterocycles. The highest BCUT2D eigenvalue weighted by molar-refractivity contribution is 7.92. The van der Waals surface area contributed by atoms with Gasteiger partial charge in [-0.25, -0.2) is 8.42 Å². The Hall–Kier alpha value is -2.21. The summed E-state index contributed by atoms with van der Waals surface area (Å²) in [6, 6.07) is 7.45. The molecule has 1 N–H and O–H groups in total. The summed E-state index contributed by atoms with van der Waals surface area (Å²) in [6.07, 6.45) is 1.28. The average molecular weight is 345 g/mol. The van der Waals surface area contributed by atoms with Crippen molar-refractivity contribution in [3.63, 3.8) is 0 Å². The van der Waals surface area contributed by atoms with Crippen LogP contribution in [0.5, 0.6) is 11.5 Å². The van der Waals surface area contributed by atoms with Crippen molar-refractivity contribution in [2.24, 2.45) is 0 Å². The summed E-state index contributed by atoms with van der Waals surface area (Å²) in [5.74, 6) is 1.15. The van der Waals surface area contributed by atoms with E-state index in [9.17, 15) is 8.42 Å². The highest BCUT2D eigenvalue weighted by Gasteiger charge is 2.33. The Morgan fingerprint density at radius 1 is 1.00 bits per heavy atom. The van der Waals surface area contributed by atoms with Crippen molar-refractivity contribution in [2.45, 2.75) is 31.6 Å². The molecule has 0 spiro atoms. The van der Waals surface area contributed by atoms with Gasteiger partial charge in [0.05, 0.1) is 13.2 Å². The average Bonchev–Trinajstić information content (AvgIpc) is 3.16. The molecule has 2 aliphatic rings. The van der Waals surface area contributed by atoms with Crippen LogP contribution in [0.25, 0.3) is 0 Å². The largest absolute Gasteiger partial charge is 0.493 e. The lowest BCUT2D eigenvalue weighted by atomic mass is 10.1. The molecule has 0 aromatic heterocycles. The van der Waals surface area contributed by atoms with E-state index in [-0.39, 0.29) is 4.90 Å². The third-order valence-electron chi connectivity index (χ3n) is 4.63. The lowest BCUT2D eigenvalue weighted by molar-refractivity contribution is 0.348. The van der Waals surface area contributed by atoms with E-state index >= 15 is 0 Å². The summed E-state index contributed by atoms with van der Waals surface area (Å²) in [7, 11) is -3.75. The number of hydrogen-bond acceptors (Lipinski definition) is 4. The number of hydrogen-bond donors (Lipinski definition) is 1. The van der Waals surface area contributed by atoms with Gasteiger partial charge in [0.25, 0.3) is 10.0 Å². The summed E-state index contributed by atoms with van der Waals surface area (Å²) in [4.78, 5) is 0.239. The topological polar surface area (TPSA) is 64.6 Å². The van der Waals surface area contributed by atoms with Crippen LogP contribution in [-0.2, 0) is 22.9 Å². The first-order valence-electron chi connectivity index (χ1n) is 8.00. The van der Waals surface area contributed by atoms with Gasteiger partial charge in [-0.1, -0.05) is 6.07 Å². The number of benzene rings is 2. The van der Waals surface area contributed by atoms with Crippen molar-refractivity contribution < 1.29 is 17.9 Å². The molecule has 4 rings (SSSR count). The van der Waals surface area contributed by atoms with Gasteiger partial charge < -0.3 is 9.47 Å². The normalized spacial score (nSPS) is 15.4. The van der Waals surface area contributed by atoms with Gasteiger partial charge in [0.2, 0.25) is 0 Å². The first kappa shape index (κ1) is 15.3. The van der Waals surface area contributed by atoms with Crippen molar-refractivity contribution in [3.05, 3.63) is 46.5 Å². The van der Waals surface area contributed by atoms with Crippen LogP contribution in [0.3, 0.4) is 0 Å². The molecular weight excluding hydrogens is 326 g/mol. The second-order valence-corrected chi connectivity index (χ2v) is 7.89. The van der Waals surface area contributed by atoms with E-state index in [0.29, 0.717) is 48.8 Å². The molecular formula is C18H19NO4S. The van der Waals surface area contributed by atoms with Crippen molar-refractivity contribution in [3.8, 4) is 11.5 Å². The van der Waals surface area contributed by atoms with Crippen LogP contribution < -0.4 is 14.2 Å². The maximum atomic E-state index is 13.1. The maximum Gasteiger partial charge on any atom is 0.266 e. The van der Waals surface area contributed by atoms with Gasteiger partial charge in [-0.05, 0) is 43.2 Å². The Labute approximate surface area is 141 Å². The van der Waals surface area contributed by atoms with Gasteiger partial charge in [-0.3, -0.25) is 4.72 Å². The first-order chi connectivity index (χ1) is 11.5. The summed E-state index contributed by atoms with van der Waals surface area (Å²) in [5.41, 5.74) is 4.33. The molecule has 0 fully saturated rings. The van der Waals surface area contributed by atoms with Crippen molar-refractivity contribution in [2.75, 3.05) is 17.9 Å². The fraction of sp³-hybridized carbons (Fsp3) is 0.333. The van der Waals surface area contributed by atoms with Gasteiger partial charge in [-0.2, -0.15) is 0 Å². The van der Waals surface area contributed by atoms with Crippen LogP contribution in [0.2, 0.25) is 0 Å². The second kappa shape index (κ2) is 5.41. The number of aryl methyl sites for hydroxylation is 2. The third-order valence-corrected chi connectivity index (χ3v) is 6.10. The Bertz CT molecular complexity index is 902. The third kappa shape index (κ3) is 2.41. The standard InChI is InChI=1S/C18H19NO4S/c1-11-3-4-14(9-12(11)2)19-24(20,21)18-15-6-8-22-16(15)10-13-5-7-23-17(13)18/h3-4,9-10,19H,5-8H2,1-2H3. The summed E-state index contributed by atoms with van der Waals surface area (Å²) < 4.78 is 40.1. The Morgan fingerprint density at radius 3 is 2.58 bits per heavy atom. The Morgan fingerprint density at radius 2 is 1.79 bits per heavy atom.